The lowest BCUT2D eigenvalue weighted by Crippen LogP contribution is -2.28. The van der Waals surface area contributed by atoms with Gasteiger partial charge in [0.2, 0.25) is 0 Å². The van der Waals surface area contributed by atoms with Crippen molar-refractivity contribution in [2.75, 3.05) is 16.7 Å². The largest absolute Gasteiger partial charge is 0.321 e. The van der Waals surface area contributed by atoms with E-state index in [1.165, 1.54) is 13.1 Å². The molecule has 33 heavy (non-hydrogen) atoms. The van der Waals surface area contributed by atoms with E-state index in [4.69, 9.17) is 0 Å². The molecule has 0 aliphatic carbocycles. The van der Waals surface area contributed by atoms with Crippen molar-refractivity contribution in [1.82, 2.24) is 0 Å². The Morgan fingerprint density at radius 1 is 0.909 bits per heavy atom. The zero-order chi connectivity index (χ0) is 23.6. The van der Waals surface area contributed by atoms with Crippen molar-refractivity contribution in [1.29, 1.82) is 0 Å². The highest BCUT2D eigenvalue weighted by Gasteiger charge is 2.32. The number of anilines is 2. The molecule has 0 saturated carbocycles. The number of hydrogen-bond donors (Lipinski definition) is 1. The molecule has 0 spiro atoms. The quantitative estimate of drug-likeness (QED) is 0.378. The summed E-state index contributed by atoms with van der Waals surface area (Å²) in [4.78, 5) is 12.9. The monoisotopic (exact) mass is 484 g/mol. The summed E-state index contributed by atoms with van der Waals surface area (Å²) in [5.41, 5.74) is 1.43. The topological polar surface area (TPSA) is 66.5 Å². The Morgan fingerprint density at radius 2 is 1.55 bits per heavy atom. The summed E-state index contributed by atoms with van der Waals surface area (Å²) in [7, 11) is -2.75. The van der Waals surface area contributed by atoms with Crippen molar-refractivity contribution in [2.24, 2.45) is 0 Å². The SMILES string of the molecule is CN(c1ccccc1)S(=O)(=O)c1c(-c2ccccc2)csc1C(=O)Nc1ccc(F)c(F)c1. The molecule has 4 rings (SSSR count). The van der Waals surface area contributed by atoms with Crippen molar-refractivity contribution in [3.8, 4) is 11.1 Å². The molecule has 0 atom stereocenters. The number of nitrogens with one attached hydrogen (secondary N) is 1. The minimum absolute atomic E-state index is 0.00771. The van der Waals surface area contributed by atoms with Gasteiger partial charge in [-0.2, -0.15) is 0 Å². The lowest BCUT2D eigenvalue weighted by Gasteiger charge is -2.21. The maximum atomic E-state index is 13.7. The fraction of sp³-hybridized carbons (Fsp3) is 0.0417. The van der Waals surface area contributed by atoms with Crippen molar-refractivity contribution < 1.29 is 22.0 Å². The molecule has 1 amide bonds. The highest BCUT2D eigenvalue weighted by molar-refractivity contribution is 7.93. The van der Waals surface area contributed by atoms with Gasteiger partial charge >= 0.3 is 0 Å². The van der Waals surface area contributed by atoms with Crippen LogP contribution in [0.5, 0.6) is 0 Å². The fourth-order valence-electron chi connectivity index (χ4n) is 3.25. The van der Waals surface area contributed by atoms with Crippen LogP contribution < -0.4 is 9.62 Å². The van der Waals surface area contributed by atoms with Crippen LogP contribution in [0.2, 0.25) is 0 Å². The fourth-order valence-corrected chi connectivity index (χ4v) is 6.11. The van der Waals surface area contributed by atoms with Crippen LogP contribution >= 0.6 is 11.3 Å². The summed E-state index contributed by atoms with van der Waals surface area (Å²) >= 11 is 0.959. The van der Waals surface area contributed by atoms with Crippen LogP contribution in [0.3, 0.4) is 0 Å². The Kier molecular flexibility index (Phi) is 6.26. The molecular weight excluding hydrogens is 466 g/mol. The number of sulfonamides is 1. The summed E-state index contributed by atoms with van der Waals surface area (Å²) in [6.45, 7) is 0. The molecule has 4 aromatic rings. The zero-order valence-corrected chi connectivity index (χ0v) is 19.0. The van der Waals surface area contributed by atoms with Gasteiger partial charge in [0, 0.05) is 29.7 Å². The van der Waals surface area contributed by atoms with Gasteiger partial charge < -0.3 is 5.32 Å². The molecule has 0 aliphatic rings. The lowest BCUT2D eigenvalue weighted by molar-refractivity contribution is 0.102. The van der Waals surface area contributed by atoms with E-state index in [9.17, 15) is 22.0 Å². The molecule has 0 unspecified atom stereocenters. The van der Waals surface area contributed by atoms with Crippen LogP contribution in [-0.4, -0.2) is 21.4 Å². The molecule has 0 aliphatic heterocycles. The summed E-state index contributed by atoms with van der Waals surface area (Å²) in [5, 5.41) is 4.06. The Labute approximate surface area is 194 Å². The van der Waals surface area contributed by atoms with Gasteiger partial charge in [-0.15, -0.1) is 11.3 Å². The Hall–Kier alpha value is -3.56. The number of rotatable bonds is 6. The van der Waals surface area contributed by atoms with Gasteiger partial charge in [0.05, 0.1) is 5.69 Å². The van der Waals surface area contributed by atoms with E-state index >= 15 is 0 Å². The van der Waals surface area contributed by atoms with E-state index in [0.717, 1.165) is 27.8 Å². The minimum atomic E-state index is -4.16. The van der Waals surface area contributed by atoms with Gasteiger partial charge in [0.1, 0.15) is 9.77 Å². The van der Waals surface area contributed by atoms with Crippen LogP contribution in [0.25, 0.3) is 11.1 Å². The molecule has 168 valence electrons. The summed E-state index contributed by atoms with van der Waals surface area (Å²) in [6, 6.07) is 20.2. The van der Waals surface area contributed by atoms with Crippen LogP contribution in [0.4, 0.5) is 20.2 Å². The third kappa shape index (κ3) is 4.50. The van der Waals surface area contributed by atoms with Crippen LogP contribution in [-0.2, 0) is 10.0 Å². The molecule has 9 heteroatoms. The van der Waals surface area contributed by atoms with Crippen LogP contribution in [0.1, 0.15) is 9.67 Å². The maximum Gasteiger partial charge on any atom is 0.267 e. The third-order valence-electron chi connectivity index (χ3n) is 4.95. The third-order valence-corrected chi connectivity index (χ3v) is 7.93. The second-order valence-electron chi connectivity index (χ2n) is 7.06. The number of amides is 1. The van der Waals surface area contributed by atoms with Gasteiger partial charge in [-0.05, 0) is 29.8 Å². The molecule has 0 fully saturated rings. The van der Waals surface area contributed by atoms with Gasteiger partial charge in [-0.1, -0.05) is 48.5 Å². The molecule has 1 heterocycles. The molecule has 0 bridgehead atoms. The number of nitrogens with zero attached hydrogens (tertiary/aromatic N) is 1. The van der Waals surface area contributed by atoms with Crippen molar-refractivity contribution in [2.45, 2.75) is 4.90 Å². The molecule has 3 aromatic carbocycles. The number of halogens is 2. The highest BCUT2D eigenvalue weighted by atomic mass is 32.2. The first-order valence-electron chi connectivity index (χ1n) is 9.76. The lowest BCUT2D eigenvalue weighted by atomic mass is 10.1. The molecule has 5 nitrogen and oxygen atoms in total. The summed E-state index contributed by atoms with van der Waals surface area (Å²) in [5.74, 6) is -2.92. The molecular formula is C24H18F2N2O3S2. The van der Waals surface area contributed by atoms with E-state index in [2.05, 4.69) is 5.32 Å². The molecule has 1 aromatic heterocycles. The minimum Gasteiger partial charge on any atom is -0.321 e. The van der Waals surface area contributed by atoms with E-state index in [0.29, 0.717) is 16.8 Å². The number of carbonyl (C=O) groups excluding carboxylic acids is 1. The predicted molar refractivity (Wildman–Crippen MR) is 126 cm³/mol. The molecule has 0 saturated heterocycles. The number of benzene rings is 3. The second-order valence-corrected chi connectivity index (χ2v) is 9.85. The second kappa shape index (κ2) is 9.13. The number of thiophene rings is 1. The summed E-state index contributed by atoms with van der Waals surface area (Å²) in [6.07, 6.45) is 0. The maximum absolute atomic E-state index is 13.7. The van der Waals surface area contributed by atoms with Gasteiger partial charge in [0.25, 0.3) is 15.9 Å². The van der Waals surface area contributed by atoms with Crippen LogP contribution in [0.15, 0.2) is 89.1 Å². The smallest absolute Gasteiger partial charge is 0.267 e. The van der Waals surface area contributed by atoms with E-state index < -0.39 is 27.6 Å². The van der Waals surface area contributed by atoms with E-state index in [1.54, 1.807) is 66.0 Å². The average Bonchev–Trinajstić information content (AvgIpc) is 3.28. The van der Waals surface area contributed by atoms with E-state index in [-0.39, 0.29) is 15.5 Å². The Morgan fingerprint density at radius 3 is 2.18 bits per heavy atom. The molecule has 1 N–H and O–H groups in total. The van der Waals surface area contributed by atoms with Crippen molar-refractivity contribution >= 4 is 38.6 Å². The summed E-state index contributed by atoms with van der Waals surface area (Å²) < 4.78 is 55.4. The van der Waals surface area contributed by atoms with E-state index in [1.807, 2.05) is 0 Å². The molecule has 0 radical (unpaired) electrons. The van der Waals surface area contributed by atoms with Crippen molar-refractivity contribution in [3.05, 3.63) is 101 Å². The average molecular weight is 485 g/mol. The van der Waals surface area contributed by atoms with Crippen LogP contribution in [0, 0.1) is 11.6 Å². The predicted octanol–water partition coefficient (Wildman–Crippen LogP) is 5.77. The van der Waals surface area contributed by atoms with Gasteiger partial charge in [0.15, 0.2) is 11.6 Å². The highest BCUT2D eigenvalue weighted by Crippen LogP contribution is 2.38. The first kappa shape index (κ1) is 22.6. The van der Waals surface area contributed by atoms with Gasteiger partial charge in [-0.25, -0.2) is 17.2 Å². The van der Waals surface area contributed by atoms with Crippen molar-refractivity contribution in [3.63, 3.8) is 0 Å². The normalized spacial score (nSPS) is 11.2. The number of hydrogen-bond acceptors (Lipinski definition) is 4. The Bertz CT molecular complexity index is 1410. The standard InChI is InChI=1S/C24H18F2N2O3S2/c1-28(18-10-6-3-7-11-18)33(30,31)23-19(16-8-4-2-5-9-16)15-32-22(23)24(29)27-17-12-13-20(25)21(26)14-17/h2-15H,1H3,(H,27,29). The number of carbonyl (C=O) groups is 1. The van der Waals surface area contributed by atoms with Gasteiger partial charge in [-0.3, -0.25) is 9.10 Å². The first-order valence-corrected chi connectivity index (χ1v) is 12.1. The Balaban J connectivity index is 1.82. The zero-order valence-electron chi connectivity index (χ0n) is 17.3. The number of para-hydroxylation sites is 1. The first-order chi connectivity index (χ1) is 15.8.